The normalized spacial score (nSPS) is 18.1. The lowest BCUT2D eigenvalue weighted by atomic mass is 9.85. The Morgan fingerprint density at radius 3 is 2.36 bits per heavy atom. The minimum absolute atomic E-state index is 0.0200. The van der Waals surface area contributed by atoms with Gasteiger partial charge in [0, 0.05) is 75.4 Å². The molecule has 5 heterocycles. The summed E-state index contributed by atoms with van der Waals surface area (Å²) in [6, 6.07) is 20.8. The van der Waals surface area contributed by atoms with Crippen LogP contribution in [0, 0.1) is 23.2 Å². The highest BCUT2D eigenvalue weighted by atomic mass is 35.5. The molecule has 5 amide bonds. The smallest absolute Gasteiger partial charge is 0.261 e. The molecule has 4 aliphatic rings. The van der Waals surface area contributed by atoms with Crippen LogP contribution in [0.25, 0.3) is 11.1 Å². The number of carbonyl (C=O) groups is 5. The van der Waals surface area contributed by atoms with E-state index in [1.54, 1.807) is 54.3 Å². The number of aromatic nitrogens is 1. The zero-order valence-electron chi connectivity index (χ0n) is 32.9. The molecule has 15 heteroatoms. The Morgan fingerprint density at radius 1 is 0.949 bits per heavy atom. The molecule has 1 N–H and O–H groups in total. The molecule has 59 heavy (non-hydrogen) atoms. The van der Waals surface area contributed by atoms with Gasteiger partial charge in [-0.25, -0.2) is 4.98 Å². The van der Waals surface area contributed by atoms with Gasteiger partial charge in [-0.3, -0.25) is 44.0 Å². The molecular weight excluding hydrogens is 775 g/mol. The molecule has 1 atom stereocenters. The zero-order valence-corrected chi connectivity index (χ0v) is 33.6. The van der Waals surface area contributed by atoms with Crippen molar-refractivity contribution in [3.05, 3.63) is 100.0 Å². The Balaban J connectivity index is 0.850. The minimum Gasteiger partial charge on any atom is -0.369 e. The number of hydrogen-bond donors (Lipinski definition) is 1. The fraction of sp³-hybridized carbons (Fsp3) is 0.341. The Hall–Kier alpha value is -6.17. The number of carbonyl (C=O) groups excluding carboxylic acids is 5. The Kier molecular flexibility index (Phi) is 10.4. The summed E-state index contributed by atoms with van der Waals surface area (Å²) < 4.78 is 15.7. The first-order chi connectivity index (χ1) is 28.3. The third-order valence-electron chi connectivity index (χ3n) is 12.0. The van der Waals surface area contributed by atoms with Crippen LogP contribution in [0.1, 0.15) is 65.5 Å². The van der Waals surface area contributed by atoms with E-state index < -0.39 is 23.3 Å². The average Bonchev–Trinajstić information content (AvgIpc) is 3.58. The number of amides is 5. The third-order valence-corrected chi connectivity index (χ3v) is 12.3. The molecule has 0 radical (unpaired) electrons. The fourth-order valence-electron chi connectivity index (χ4n) is 8.59. The van der Waals surface area contributed by atoms with E-state index in [2.05, 4.69) is 25.0 Å². The Morgan fingerprint density at radius 2 is 1.66 bits per heavy atom. The average molecular weight is 817 g/mol. The summed E-state index contributed by atoms with van der Waals surface area (Å²) in [5.74, 6) is -0.972. The second kappa shape index (κ2) is 15.5. The standard InChI is InChI=1S/C44H42ClFN8O5/c1-26(4-13-39(56)48-25-55)53-41(57)33-9-8-30(19-34(33)42(53)58)51-16-14-50(15-17-51)22-27-23-52(24-27)38-12-10-32(40(46)49-38)28-6-11-37-35(18-28)44(2,3)43(59)54(37)31-7-5-29(21-47)36(45)20-31/h5-12,18-20,25-27H,4,13-17,22-24H2,1-3H3,(H,48,55,56). The number of fused-ring (bicyclic) bond motifs is 2. The van der Waals surface area contributed by atoms with Crippen LogP contribution in [0.2, 0.25) is 5.02 Å². The summed E-state index contributed by atoms with van der Waals surface area (Å²) in [4.78, 5) is 76.2. The molecular formula is C44H42ClFN8O5. The first-order valence-electron chi connectivity index (χ1n) is 19.6. The lowest BCUT2D eigenvalue weighted by molar-refractivity contribution is -0.125. The Bertz CT molecular complexity index is 2460. The van der Waals surface area contributed by atoms with E-state index in [1.807, 2.05) is 44.2 Å². The van der Waals surface area contributed by atoms with Crippen molar-refractivity contribution in [1.82, 2.24) is 20.1 Å². The van der Waals surface area contributed by atoms with Crippen LogP contribution in [-0.4, -0.2) is 96.7 Å². The number of piperazine rings is 1. The van der Waals surface area contributed by atoms with Gasteiger partial charge >= 0.3 is 0 Å². The maximum atomic E-state index is 15.7. The second-order valence-corrected chi connectivity index (χ2v) is 16.5. The molecule has 2 saturated heterocycles. The van der Waals surface area contributed by atoms with E-state index >= 15 is 4.39 Å². The molecule has 2 fully saturated rings. The van der Waals surface area contributed by atoms with Crippen molar-refractivity contribution < 1.29 is 28.4 Å². The minimum atomic E-state index is -0.886. The SMILES string of the molecule is CC(CCC(=O)NC=O)N1C(=O)c2ccc(N3CCN(CC4CN(c5ccc(-c6ccc7c(c6)C(C)(C)C(=O)N7c6ccc(C#N)c(Cl)c6)c(F)n5)C4)CC3)cc2C1=O. The highest BCUT2D eigenvalue weighted by Crippen LogP contribution is 2.47. The molecule has 1 aromatic heterocycles. The van der Waals surface area contributed by atoms with Crippen LogP contribution in [0.15, 0.2) is 66.7 Å². The first-order valence-corrected chi connectivity index (χ1v) is 20.0. The van der Waals surface area contributed by atoms with E-state index in [9.17, 15) is 29.2 Å². The van der Waals surface area contributed by atoms with Crippen molar-refractivity contribution >= 4 is 64.5 Å². The first kappa shape index (κ1) is 39.6. The number of halogens is 2. The summed E-state index contributed by atoms with van der Waals surface area (Å²) in [6.45, 7) is 11.0. The summed E-state index contributed by atoms with van der Waals surface area (Å²) in [5, 5.41) is 11.6. The number of imide groups is 2. The third kappa shape index (κ3) is 7.19. The number of rotatable bonds is 11. The largest absolute Gasteiger partial charge is 0.369 e. The maximum Gasteiger partial charge on any atom is 0.261 e. The Labute approximate surface area is 345 Å². The predicted octanol–water partition coefficient (Wildman–Crippen LogP) is 5.66. The van der Waals surface area contributed by atoms with Gasteiger partial charge < -0.3 is 9.80 Å². The predicted molar refractivity (Wildman–Crippen MR) is 220 cm³/mol. The topological polar surface area (TPSA) is 150 Å². The van der Waals surface area contributed by atoms with Crippen LogP contribution in [0.4, 0.5) is 27.3 Å². The molecule has 8 rings (SSSR count). The summed E-state index contributed by atoms with van der Waals surface area (Å²) in [6.07, 6.45) is 0.584. The highest BCUT2D eigenvalue weighted by molar-refractivity contribution is 6.32. The molecule has 4 aromatic rings. The van der Waals surface area contributed by atoms with Crippen LogP contribution >= 0.6 is 11.6 Å². The van der Waals surface area contributed by atoms with Crippen molar-refractivity contribution in [2.75, 3.05) is 60.5 Å². The van der Waals surface area contributed by atoms with Gasteiger partial charge in [0.05, 0.1) is 38.5 Å². The molecule has 0 bridgehead atoms. The quantitative estimate of drug-likeness (QED) is 0.114. The van der Waals surface area contributed by atoms with Gasteiger partial charge in [0.15, 0.2) is 0 Å². The van der Waals surface area contributed by atoms with Crippen molar-refractivity contribution in [1.29, 1.82) is 5.26 Å². The van der Waals surface area contributed by atoms with Gasteiger partial charge in [-0.05, 0) is 99.0 Å². The van der Waals surface area contributed by atoms with Gasteiger partial charge in [0.2, 0.25) is 24.2 Å². The van der Waals surface area contributed by atoms with Crippen LogP contribution in [-0.2, 0) is 19.8 Å². The van der Waals surface area contributed by atoms with Gasteiger partial charge in [-0.1, -0.05) is 17.7 Å². The number of anilines is 4. The second-order valence-electron chi connectivity index (χ2n) is 16.1. The number of nitrogens with one attached hydrogen (secondary N) is 1. The lowest BCUT2D eigenvalue weighted by Crippen LogP contribution is -2.55. The molecule has 0 aliphatic carbocycles. The van der Waals surface area contributed by atoms with Crippen LogP contribution < -0.4 is 20.0 Å². The van der Waals surface area contributed by atoms with Crippen molar-refractivity contribution in [3.63, 3.8) is 0 Å². The summed E-state index contributed by atoms with van der Waals surface area (Å²) >= 11 is 6.30. The van der Waals surface area contributed by atoms with Crippen LogP contribution in [0.5, 0.6) is 0 Å². The highest BCUT2D eigenvalue weighted by Gasteiger charge is 2.45. The fourth-order valence-corrected chi connectivity index (χ4v) is 8.80. The monoisotopic (exact) mass is 816 g/mol. The van der Waals surface area contributed by atoms with Gasteiger partial charge in [0.25, 0.3) is 11.8 Å². The van der Waals surface area contributed by atoms with Crippen molar-refractivity contribution in [2.24, 2.45) is 5.92 Å². The van der Waals surface area contributed by atoms with Crippen molar-refractivity contribution in [3.8, 4) is 17.2 Å². The number of nitrogens with zero attached hydrogens (tertiary/aromatic N) is 7. The lowest BCUT2D eigenvalue weighted by Gasteiger charge is -2.44. The van der Waals surface area contributed by atoms with Gasteiger partial charge in [0.1, 0.15) is 11.9 Å². The maximum absolute atomic E-state index is 15.7. The molecule has 0 saturated carbocycles. The van der Waals surface area contributed by atoms with E-state index in [0.717, 1.165) is 57.1 Å². The molecule has 302 valence electrons. The van der Waals surface area contributed by atoms with Crippen molar-refractivity contribution in [2.45, 2.75) is 45.1 Å². The van der Waals surface area contributed by atoms with Crippen LogP contribution in [0.3, 0.4) is 0 Å². The number of pyridine rings is 1. The number of hydrogen-bond acceptors (Lipinski definition) is 10. The van der Waals surface area contributed by atoms with E-state index in [-0.39, 0.29) is 35.6 Å². The number of nitriles is 1. The molecule has 3 aromatic carbocycles. The molecule has 1 unspecified atom stereocenters. The summed E-state index contributed by atoms with van der Waals surface area (Å²) in [7, 11) is 0. The van der Waals surface area contributed by atoms with E-state index in [1.165, 1.54) is 4.90 Å². The molecule has 4 aliphatic heterocycles. The number of benzene rings is 3. The molecule has 13 nitrogen and oxygen atoms in total. The van der Waals surface area contributed by atoms with Gasteiger partial charge in [-0.15, -0.1) is 0 Å². The zero-order chi connectivity index (χ0) is 41.7. The molecule has 0 spiro atoms. The summed E-state index contributed by atoms with van der Waals surface area (Å²) in [5.41, 5.74) is 3.98. The van der Waals surface area contributed by atoms with E-state index in [0.29, 0.717) is 57.3 Å². The van der Waals surface area contributed by atoms with E-state index in [4.69, 9.17) is 11.6 Å². The van der Waals surface area contributed by atoms with Gasteiger partial charge in [-0.2, -0.15) is 9.65 Å².